The molecule has 0 saturated heterocycles. The molecule has 1 N–H and O–H groups in total. The number of nitrogens with one attached hydrogen (secondary N) is 1. The zero-order valence-corrected chi connectivity index (χ0v) is 15.9. The fourth-order valence-electron chi connectivity index (χ4n) is 2.79. The molecule has 0 spiro atoms. The van der Waals surface area contributed by atoms with Crippen molar-refractivity contribution >= 4 is 11.9 Å². The standard InChI is InChI=1S/C21H23NO6/c1-14(16-5-8-18-19(12-16)27-10-9-26-18)22-20(23)13-28-17-6-3-15(4-7-17)11-21(24)25-2/h3-8,12,14H,9-11,13H2,1-2H3,(H,22,23)/t14-/m0/s1. The van der Waals surface area contributed by atoms with Crippen LogP contribution in [0.3, 0.4) is 0 Å². The van der Waals surface area contributed by atoms with Gasteiger partial charge in [0, 0.05) is 0 Å². The van der Waals surface area contributed by atoms with E-state index in [1.165, 1.54) is 7.11 Å². The van der Waals surface area contributed by atoms with Crippen molar-refractivity contribution in [2.75, 3.05) is 26.9 Å². The van der Waals surface area contributed by atoms with Crippen molar-refractivity contribution in [2.24, 2.45) is 0 Å². The van der Waals surface area contributed by atoms with E-state index in [4.69, 9.17) is 14.2 Å². The van der Waals surface area contributed by atoms with Crippen LogP contribution in [0.1, 0.15) is 24.1 Å². The van der Waals surface area contributed by atoms with Gasteiger partial charge in [-0.3, -0.25) is 9.59 Å². The molecule has 7 heteroatoms. The van der Waals surface area contributed by atoms with Crippen molar-refractivity contribution in [1.82, 2.24) is 5.32 Å². The average Bonchev–Trinajstić information content (AvgIpc) is 2.72. The fraction of sp³-hybridized carbons (Fsp3) is 0.333. The second-order valence-electron chi connectivity index (χ2n) is 6.38. The number of hydrogen-bond acceptors (Lipinski definition) is 6. The summed E-state index contributed by atoms with van der Waals surface area (Å²) in [6, 6.07) is 12.4. The van der Waals surface area contributed by atoms with Gasteiger partial charge >= 0.3 is 5.97 Å². The first-order chi connectivity index (χ1) is 13.5. The Morgan fingerprint density at radius 1 is 1.07 bits per heavy atom. The van der Waals surface area contributed by atoms with Crippen LogP contribution in [0.15, 0.2) is 42.5 Å². The van der Waals surface area contributed by atoms with Crippen LogP contribution in [-0.4, -0.2) is 38.8 Å². The van der Waals surface area contributed by atoms with Gasteiger partial charge < -0.3 is 24.3 Å². The van der Waals surface area contributed by atoms with Crippen LogP contribution in [0.2, 0.25) is 0 Å². The van der Waals surface area contributed by atoms with E-state index in [1.54, 1.807) is 24.3 Å². The SMILES string of the molecule is COC(=O)Cc1ccc(OCC(=O)N[C@@H](C)c2ccc3c(c2)OCCO3)cc1. The predicted molar refractivity (Wildman–Crippen MR) is 102 cm³/mol. The molecule has 0 aromatic heterocycles. The molecule has 148 valence electrons. The molecule has 0 bridgehead atoms. The molecule has 1 amide bonds. The average molecular weight is 385 g/mol. The number of amides is 1. The fourth-order valence-corrected chi connectivity index (χ4v) is 2.79. The van der Waals surface area contributed by atoms with Crippen LogP contribution < -0.4 is 19.5 Å². The lowest BCUT2D eigenvalue weighted by atomic mass is 10.1. The number of benzene rings is 2. The van der Waals surface area contributed by atoms with Crippen LogP contribution in [0.4, 0.5) is 0 Å². The van der Waals surface area contributed by atoms with Gasteiger partial charge in [0.15, 0.2) is 18.1 Å². The number of methoxy groups -OCH3 is 1. The van der Waals surface area contributed by atoms with Gasteiger partial charge in [-0.1, -0.05) is 18.2 Å². The van der Waals surface area contributed by atoms with Crippen LogP contribution >= 0.6 is 0 Å². The van der Waals surface area contributed by atoms with Crippen molar-refractivity contribution in [3.8, 4) is 17.2 Å². The Morgan fingerprint density at radius 3 is 2.50 bits per heavy atom. The van der Waals surface area contributed by atoms with Gasteiger partial charge in [-0.25, -0.2) is 0 Å². The molecule has 2 aromatic carbocycles. The van der Waals surface area contributed by atoms with Crippen LogP contribution in [0, 0.1) is 0 Å². The molecular weight excluding hydrogens is 362 g/mol. The van der Waals surface area contributed by atoms with Crippen LogP contribution in [0.25, 0.3) is 0 Å². The minimum Gasteiger partial charge on any atom is -0.486 e. The summed E-state index contributed by atoms with van der Waals surface area (Å²) < 4.78 is 21.2. The van der Waals surface area contributed by atoms with Crippen molar-refractivity contribution in [2.45, 2.75) is 19.4 Å². The Balaban J connectivity index is 1.49. The normalized spacial score (nSPS) is 13.4. The maximum Gasteiger partial charge on any atom is 0.309 e. The number of fused-ring (bicyclic) bond motifs is 1. The molecule has 2 aromatic rings. The third-order valence-electron chi connectivity index (χ3n) is 4.31. The van der Waals surface area contributed by atoms with E-state index in [1.807, 2.05) is 25.1 Å². The van der Waals surface area contributed by atoms with E-state index in [9.17, 15) is 9.59 Å². The predicted octanol–water partition coefficient (Wildman–Crippen LogP) is 2.43. The van der Waals surface area contributed by atoms with Gasteiger partial charge in [-0.15, -0.1) is 0 Å². The molecule has 0 saturated carbocycles. The second kappa shape index (κ2) is 9.12. The van der Waals surface area contributed by atoms with E-state index in [0.29, 0.717) is 30.5 Å². The largest absolute Gasteiger partial charge is 0.486 e. The van der Waals surface area contributed by atoms with Crippen LogP contribution in [0.5, 0.6) is 17.2 Å². The van der Waals surface area contributed by atoms with Gasteiger partial charge in [-0.2, -0.15) is 0 Å². The molecule has 1 aliphatic heterocycles. The highest BCUT2D eigenvalue weighted by atomic mass is 16.6. The minimum absolute atomic E-state index is 0.106. The molecule has 0 fully saturated rings. The molecule has 3 rings (SSSR count). The maximum absolute atomic E-state index is 12.2. The summed E-state index contributed by atoms with van der Waals surface area (Å²) in [6.07, 6.45) is 0.199. The molecule has 1 aliphatic rings. The van der Waals surface area contributed by atoms with Gasteiger partial charge in [0.05, 0.1) is 19.6 Å². The lowest BCUT2D eigenvalue weighted by molar-refractivity contribution is -0.139. The van der Waals surface area contributed by atoms with E-state index < -0.39 is 0 Å². The number of carbonyl (C=O) groups is 2. The number of rotatable bonds is 7. The summed E-state index contributed by atoms with van der Waals surface area (Å²) in [7, 11) is 1.35. The van der Waals surface area contributed by atoms with Crippen molar-refractivity contribution in [3.63, 3.8) is 0 Å². The highest BCUT2D eigenvalue weighted by Crippen LogP contribution is 2.32. The summed E-state index contributed by atoms with van der Waals surface area (Å²) >= 11 is 0. The Kier molecular flexibility index (Phi) is 6.37. The molecule has 0 radical (unpaired) electrons. The molecule has 0 aliphatic carbocycles. The maximum atomic E-state index is 12.2. The quantitative estimate of drug-likeness (QED) is 0.737. The first-order valence-corrected chi connectivity index (χ1v) is 9.02. The first-order valence-electron chi connectivity index (χ1n) is 9.02. The minimum atomic E-state index is -0.304. The number of carbonyl (C=O) groups excluding carboxylic acids is 2. The molecular formula is C21H23NO6. The van der Waals surface area contributed by atoms with Gasteiger partial charge in [0.1, 0.15) is 19.0 Å². The number of ether oxygens (including phenoxy) is 4. The van der Waals surface area contributed by atoms with Crippen molar-refractivity contribution < 1.29 is 28.5 Å². The van der Waals surface area contributed by atoms with Crippen molar-refractivity contribution in [3.05, 3.63) is 53.6 Å². The third kappa shape index (κ3) is 5.16. The van der Waals surface area contributed by atoms with E-state index in [-0.39, 0.29) is 30.9 Å². The molecule has 0 unspecified atom stereocenters. The zero-order valence-electron chi connectivity index (χ0n) is 15.9. The van der Waals surface area contributed by atoms with E-state index in [2.05, 4.69) is 10.1 Å². The zero-order chi connectivity index (χ0) is 19.9. The Labute approximate surface area is 163 Å². The monoisotopic (exact) mass is 385 g/mol. The van der Waals surface area contributed by atoms with Gasteiger partial charge in [0.2, 0.25) is 0 Å². The highest BCUT2D eigenvalue weighted by Gasteiger charge is 2.16. The third-order valence-corrected chi connectivity index (χ3v) is 4.31. The summed E-state index contributed by atoms with van der Waals surface area (Å²) in [5, 5.41) is 2.90. The summed E-state index contributed by atoms with van der Waals surface area (Å²) in [5.41, 5.74) is 1.74. The van der Waals surface area contributed by atoms with E-state index >= 15 is 0 Å². The van der Waals surface area contributed by atoms with Gasteiger partial charge in [-0.05, 0) is 42.3 Å². The Bertz CT molecular complexity index is 833. The lowest BCUT2D eigenvalue weighted by Crippen LogP contribution is -2.31. The summed E-state index contributed by atoms with van der Waals surface area (Å²) in [5.74, 6) is 1.42. The Hall–Kier alpha value is -3.22. The topological polar surface area (TPSA) is 83.1 Å². The smallest absolute Gasteiger partial charge is 0.309 e. The molecule has 1 atom stereocenters. The lowest BCUT2D eigenvalue weighted by Gasteiger charge is -2.21. The van der Waals surface area contributed by atoms with Gasteiger partial charge in [0.25, 0.3) is 5.91 Å². The van der Waals surface area contributed by atoms with Crippen molar-refractivity contribution in [1.29, 1.82) is 0 Å². The second-order valence-corrected chi connectivity index (χ2v) is 6.38. The summed E-state index contributed by atoms with van der Waals surface area (Å²) in [6.45, 7) is 2.85. The summed E-state index contributed by atoms with van der Waals surface area (Å²) in [4.78, 5) is 23.4. The molecule has 7 nitrogen and oxygen atoms in total. The number of hydrogen-bond donors (Lipinski definition) is 1. The number of esters is 1. The first kappa shape index (κ1) is 19.5. The molecule has 1 heterocycles. The van der Waals surface area contributed by atoms with Crippen LogP contribution in [-0.2, 0) is 20.7 Å². The highest BCUT2D eigenvalue weighted by molar-refractivity contribution is 5.78. The Morgan fingerprint density at radius 2 is 1.79 bits per heavy atom. The molecule has 28 heavy (non-hydrogen) atoms. The van der Waals surface area contributed by atoms with E-state index in [0.717, 1.165) is 11.1 Å².